The number of nitrogens with zero attached hydrogens (tertiary/aromatic N) is 1. The van der Waals surface area contributed by atoms with Gasteiger partial charge in [0, 0.05) is 33.9 Å². The highest BCUT2D eigenvalue weighted by molar-refractivity contribution is 6.23. The Bertz CT molecular complexity index is 2280. The van der Waals surface area contributed by atoms with E-state index in [1.165, 1.54) is 54.6 Å². The monoisotopic (exact) mass is 523 g/mol. The van der Waals surface area contributed by atoms with E-state index in [1.807, 2.05) is 12.4 Å². The molecule has 2 nitrogen and oxygen atoms in total. The zero-order valence-electron chi connectivity index (χ0n) is 22.4. The maximum absolute atomic E-state index is 6.98. The van der Waals surface area contributed by atoms with Crippen LogP contribution < -0.4 is 4.74 Å². The zero-order chi connectivity index (χ0) is 26.9. The van der Waals surface area contributed by atoms with Crippen LogP contribution in [-0.2, 0) is 12.8 Å². The predicted octanol–water partition coefficient (Wildman–Crippen LogP) is 10.4. The molecule has 2 heteroatoms. The van der Waals surface area contributed by atoms with Gasteiger partial charge in [0.1, 0.15) is 11.5 Å². The smallest absolute Gasteiger partial charge is 0.143 e. The van der Waals surface area contributed by atoms with Gasteiger partial charge >= 0.3 is 0 Å². The first-order chi connectivity index (χ1) is 20.3. The van der Waals surface area contributed by atoms with Crippen LogP contribution in [0.4, 0.5) is 0 Å². The zero-order valence-corrected chi connectivity index (χ0v) is 22.4. The Kier molecular flexibility index (Phi) is 4.76. The van der Waals surface area contributed by atoms with Crippen molar-refractivity contribution in [2.75, 3.05) is 0 Å². The Morgan fingerprint density at radius 1 is 0.512 bits per heavy atom. The molecular formula is C39H25NO. The summed E-state index contributed by atoms with van der Waals surface area (Å²) in [7, 11) is 0. The molecule has 1 aromatic heterocycles. The quantitative estimate of drug-likeness (QED) is 0.170. The molecule has 0 unspecified atom stereocenters. The van der Waals surface area contributed by atoms with Gasteiger partial charge < -0.3 is 4.74 Å². The Balaban J connectivity index is 1.38. The van der Waals surface area contributed by atoms with Gasteiger partial charge in [0.25, 0.3) is 0 Å². The summed E-state index contributed by atoms with van der Waals surface area (Å²) in [5.41, 5.74) is 5.24. The summed E-state index contributed by atoms with van der Waals surface area (Å²) in [6.45, 7) is 0. The summed E-state index contributed by atoms with van der Waals surface area (Å²) >= 11 is 0. The molecule has 0 amide bonds. The highest BCUT2D eigenvalue weighted by Crippen LogP contribution is 2.48. The molecule has 0 bridgehead atoms. The SMILES string of the molecule is c1ccc2c(c1)cc(-c1c3ccccc3c(Oc3ccc4c5c(cccc35)CC4)c3ccncc13)c1ccccc12. The van der Waals surface area contributed by atoms with E-state index < -0.39 is 0 Å². The fourth-order valence-corrected chi connectivity index (χ4v) is 7.06. The number of aryl methyl sites for hydroxylation is 2. The van der Waals surface area contributed by atoms with Crippen LogP contribution in [0.15, 0.2) is 128 Å². The summed E-state index contributed by atoms with van der Waals surface area (Å²) in [4.78, 5) is 4.62. The van der Waals surface area contributed by atoms with Gasteiger partial charge in [0.05, 0.1) is 0 Å². The molecule has 0 atom stereocenters. The summed E-state index contributed by atoms with van der Waals surface area (Å²) in [6.07, 6.45) is 6.07. The summed E-state index contributed by atoms with van der Waals surface area (Å²) in [5, 5.41) is 12.0. The molecule has 192 valence electrons. The highest BCUT2D eigenvalue weighted by Gasteiger charge is 2.21. The number of benzene rings is 7. The molecule has 0 N–H and O–H groups in total. The molecule has 0 aliphatic heterocycles. The Morgan fingerprint density at radius 2 is 1.20 bits per heavy atom. The van der Waals surface area contributed by atoms with Gasteiger partial charge in [-0.25, -0.2) is 0 Å². The first kappa shape index (κ1) is 22.6. The van der Waals surface area contributed by atoms with Gasteiger partial charge in [-0.15, -0.1) is 0 Å². The summed E-state index contributed by atoms with van der Waals surface area (Å²) in [6, 6.07) is 41.5. The van der Waals surface area contributed by atoms with Crippen LogP contribution >= 0.6 is 0 Å². The van der Waals surface area contributed by atoms with Crippen molar-refractivity contribution in [3.05, 3.63) is 139 Å². The van der Waals surface area contributed by atoms with E-state index in [1.54, 1.807) is 0 Å². The van der Waals surface area contributed by atoms with Crippen molar-refractivity contribution in [1.82, 2.24) is 4.98 Å². The summed E-state index contributed by atoms with van der Waals surface area (Å²) in [5.74, 6) is 1.78. The molecule has 41 heavy (non-hydrogen) atoms. The average Bonchev–Trinajstić information content (AvgIpc) is 3.46. The molecule has 8 aromatic rings. The van der Waals surface area contributed by atoms with Gasteiger partial charge in [-0.2, -0.15) is 0 Å². The molecule has 0 spiro atoms. The van der Waals surface area contributed by atoms with Crippen LogP contribution in [0.1, 0.15) is 11.1 Å². The molecule has 1 heterocycles. The first-order valence-corrected chi connectivity index (χ1v) is 14.3. The lowest BCUT2D eigenvalue weighted by Crippen LogP contribution is -1.94. The van der Waals surface area contributed by atoms with E-state index in [0.29, 0.717) is 0 Å². The Labute approximate surface area is 237 Å². The summed E-state index contributed by atoms with van der Waals surface area (Å²) < 4.78 is 6.98. The number of hydrogen-bond acceptors (Lipinski definition) is 2. The normalized spacial score (nSPS) is 12.7. The van der Waals surface area contributed by atoms with Crippen molar-refractivity contribution < 1.29 is 4.74 Å². The highest BCUT2D eigenvalue weighted by atomic mass is 16.5. The van der Waals surface area contributed by atoms with Gasteiger partial charge in [-0.3, -0.25) is 4.98 Å². The maximum Gasteiger partial charge on any atom is 0.143 e. The molecule has 0 saturated heterocycles. The largest absolute Gasteiger partial charge is 0.455 e. The lowest BCUT2D eigenvalue weighted by atomic mass is 9.87. The van der Waals surface area contributed by atoms with E-state index >= 15 is 0 Å². The molecule has 9 rings (SSSR count). The predicted molar refractivity (Wildman–Crippen MR) is 171 cm³/mol. The molecule has 7 aromatic carbocycles. The van der Waals surface area contributed by atoms with Crippen molar-refractivity contribution in [3.8, 4) is 22.6 Å². The molecule has 0 fully saturated rings. The van der Waals surface area contributed by atoms with Gasteiger partial charge in [0.2, 0.25) is 0 Å². The number of fused-ring (bicyclic) bond motifs is 5. The molecule has 0 radical (unpaired) electrons. The van der Waals surface area contributed by atoms with Crippen LogP contribution in [-0.4, -0.2) is 4.98 Å². The number of ether oxygens (including phenoxy) is 1. The topological polar surface area (TPSA) is 22.1 Å². The number of hydrogen-bond donors (Lipinski definition) is 0. The third-order valence-electron chi connectivity index (χ3n) is 8.86. The molecule has 1 aliphatic carbocycles. The van der Waals surface area contributed by atoms with Crippen molar-refractivity contribution in [2.24, 2.45) is 0 Å². The maximum atomic E-state index is 6.98. The van der Waals surface area contributed by atoms with E-state index in [-0.39, 0.29) is 0 Å². The third-order valence-corrected chi connectivity index (χ3v) is 8.86. The van der Waals surface area contributed by atoms with E-state index in [4.69, 9.17) is 4.74 Å². The van der Waals surface area contributed by atoms with Crippen molar-refractivity contribution in [2.45, 2.75) is 12.8 Å². The van der Waals surface area contributed by atoms with Crippen LogP contribution in [0, 0.1) is 0 Å². The second-order valence-electron chi connectivity index (χ2n) is 11.0. The van der Waals surface area contributed by atoms with Crippen molar-refractivity contribution >= 4 is 53.9 Å². The van der Waals surface area contributed by atoms with Crippen LogP contribution in [0.25, 0.3) is 65.0 Å². The molecule has 1 aliphatic rings. The van der Waals surface area contributed by atoms with Crippen LogP contribution in [0.2, 0.25) is 0 Å². The Hall–Kier alpha value is -5.21. The van der Waals surface area contributed by atoms with Crippen molar-refractivity contribution in [1.29, 1.82) is 0 Å². The van der Waals surface area contributed by atoms with E-state index in [2.05, 4.69) is 120 Å². The number of pyridine rings is 1. The van der Waals surface area contributed by atoms with E-state index in [0.717, 1.165) is 45.9 Å². The van der Waals surface area contributed by atoms with Gasteiger partial charge in [0.15, 0.2) is 0 Å². The van der Waals surface area contributed by atoms with Crippen molar-refractivity contribution in [3.63, 3.8) is 0 Å². The van der Waals surface area contributed by atoms with Gasteiger partial charge in [-0.1, -0.05) is 97.1 Å². The molecular weight excluding hydrogens is 498 g/mol. The lowest BCUT2D eigenvalue weighted by molar-refractivity contribution is 0.499. The van der Waals surface area contributed by atoms with E-state index in [9.17, 15) is 0 Å². The standard InChI is InChI=1S/C39H25NO/c1-2-10-27-26(8-1)22-34(29-12-4-3-11-28(27)29)38-30-13-5-6-14-31(30)39(32-20-21-40-23-35(32)38)41-36-19-18-25-17-16-24-9-7-15-33(36)37(24)25/h1-15,18-23H,16-17H2. The number of aromatic nitrogens is 1. The number of rotatable bonds is 3. The third kappa shape index (κ3) is 3.28. The minimum absolute atomic E-state index is 0.880. The second kappa shape index (κ2) is 8.64. The lowest BCUT2D eigenvalue weighted by Gasteiger charge is -2.20. The van der Waals surface area contributed by atoms with Crippen LogP contribution in [0.3, 0.4) is 0 Å². The van der Waals surface area contributed by atoms with Crippen LogP contribution in [0.5, 0.6) is 11.5 Å². The fraction of sp³-hybridized carbons (Fsp3) is 0.0513. The fourth-order valence-electron chi connectivity index (χ4n) is 7.06. The average molecular weight is 524 g/mol. The minimum Gasteiger partial charge on any atom is -0.455 e. The molecule has 0 saturated carbocycles. The Morgan fingerprint density at radius 3 is 2.07 bits per heavy atom. The second-order valence-corrected chi connectivity index (χ2v) is 11.0. The minimum atomic E-state index is 0.880. The first-order valence-electron chi connectivity index (χ1n) is 14.3. The van der Waals surface area contributed by atoms with Gasteiger partial charge in [-0.05, 0) is 85.6 Å².